The fourth-order valence-electron chi connectivity index (χ4n) is 2.65. The van der Waals surface area contributed by atoms with E-state index in [1.54, 1.807) is 0 Å². The van der Waals surface area contributed by atoms with Crippen molar-refractivity contribution in [2.24, 2.45) is 0 Å². The second kappa shape index (κ2) is 6.01. The SMILES string of the molecule is CCCC(CC)N1CNC(c2ccccc2)C1=O. The van der Waals surface area contributed by atoms with Crippen LogP contribution in [0.1, 0.15) is 44.7 Å². The number of amides is 1. The molecule has 0 saturated carbocycles. The first-order valence-corrected chi connectivity index (χ1v) is 6.86. The van der Waals surface area contributed by atoms with Crippen LogP contribution in [0.5, 0.6) is 0 Å². The molecule has 1 aliphatic rings. The zero-order valence-corrected chi connectivity index (χ0v) is 11.2. The molecule has 3 nitrogen and oxygen atoms in total. The van der Waals surface area contributed by atoms with Gasteiger partial charge in [0.05, 0.1) is 6.67 Å². The van der Waals surface area contributed by atoms with Gasteiger partial charge < -0.3 is 4.90 Å². The topological polar surface area (TPSA) is 32.3 Å². The molecule has 0 aromatic heterocycles. The Hall–Kier alpha value is -1.35. The van der Waals surface area contributed by atoms with Gasteiger partial charge in [-0.25, -0.2) is 0 Å². The Balaban J connectivity index is 2.09. The first-order chi connectivity index (χ1) is 8.77. The number of hydrogen-bond acceptors (Lipinski definition) is 2. The molecular weight excluding hydrogens is 224 g/mol. The number of carbonyl (C=O) groups is 1. The van der Waals surface area contributed by atoms with E-state index in [9.17, 15) is 4.79 Å². The summed E-state index contributed by atoms with van der Waals surface area (Å²) in [7, 11) is 0. The predicted octanol–water partition coefficient (Wildman–Crippen LogP) is 2.70. The first-order valence-electron chi connectivity index (χ1n) is 6.86. The van der Waals surface area contributed by atoms with Crippen molar-refractivity contribution < 1.29 is 4.79 Å². The molecule has 1 aromatic carbocycles. The molecule has 1 saturated heterocycles. The van der Waals surface area contributed by atoms with Gasteiger partial charge in [-0.15, -0.1) is 0 Å². The molecule has 3 heteroatoms. The predicted molar refractivity (Wildman–Crippen MR) is 73.0 cm³/mol. The van der Waals surface area contributed by atoms with Crippen LogP contribution in [0.3, 0.4) is 0 Å². The van der Waals surface area contributed by atoms with Crippen molar-refractivity contribution in [1.82, 2.24) is 10.2 Å². The normalized spacial score (nSPS) is 21.3. The minimum Gasteiger partial charge on any atom is -0.325 e. The monoisotopic (exact) mass is 246 g/mol. The Labute approximate surface area is 109 Å². The molecule has 1 heterocycles. The highest BCUT2D eigenvalue weighted by Crippen LogP contribution is 2.24. The maximum absolute atomic E-state index is 12.4. The highest BCUT2D eigenvalue weighted by atomic mass is 16.2. The van der Waals surface area contributed by atoms with Crippen LogP contribution in [0.15, 0.2) is 30.3 Å². The standard InChI is InChI=1S/C15H22N2O/c1-3-8-13(4-2)17-11-16-14(15(17)18)12-9-6-5-7-10-12/h5-7,9-10,13-14,16H,3-4,8,11H2,1-2H3. The largest absolute Gasteiger partial charge is 0.325 e. The van der Waals surface area contributed by atoms with Gasteiger partial charge in [0.1, 0.15) is 6.04 Å². The molecule has 2 rings (SSSR count). The van der Waals surface area contributed by atoms with E-state index in [1.807, 2.05) is 35.2 Å². The van der Waals surface area contributed by atoms with Crippen LogP contribution in [-0.2, 0) is 4.79 Å². The zero-order valence-electron chi connectivity index (χ0n) is 11.2. The summed E-state index contributed by atoms with van der Waals surface area (Å²) in [5.74, 6) is 0.224. The minimum absolute atomic E-state index is 0.155. The number of carbonyl (C=O) groups excluding carboxylic acids is 1. The molecule has 98 valence electrons. The fourth-order valence-corrected chi connectivity index (χ4v) is 2.65. The van der Waals surface area contributed by atoms with Crippen LogP contribution in [0.2, 0.25) is 0 Å². The van der Waals surface area contributed by atoms with Gasteiger partial charge in [0.15, 0.2) is 0 Å². The third kappa shape index (κ3) is 2.56. The summed E-state index contributed by atoms with van der Waals surface area (Å²) in [4.78, 5) is 14.4. The molecule has 1 aromatic rings. The van der Waals surface area contributed by atoms with Gasteiger partial charge >= 0.3 is 0 Å². The van der Waals surface area contributed by atoms with Crippen LogP contribution in [0.25, 0.3) is 0 Å². The number of nitrogens with one attached hydrogen (secondary N) is 1. The highest BCUT2D eigenvalue weighted by molar-refractivity contribution is 5.85. The molecule has 1 fully saturated rings. The van der Waals surface area contributed by atoms with Crippen LogP contribution >= 0.6 is 0 Å². The molecule has 1 aliphatic heterocycles. The molecular formula is C15H22N2O. The zero-order chi connectivity index (χ0) is 13.0. The van der Waals surface area contributed by atoms with Gasteiger partial charge in [-0.2, -0.15) is 0 Å². The van der Waals surface area contributed by atoms with E-state index in [0.717, 1.165) is 24.8 Å². The van der Waals surface area contributed by atoms with Crippen molar-refractivity contribution in [2.45, 2.75) is 45.2 Å². The maximum atomic E-state index is 12.4. The van der Waals surface area contributed by atoms with Crippen LogP contribution < -0.4 is 5.32 Å². The van der Waals surface area contributed by atoms with Gasteiger partial charge in [0.2, 0.25) is 5.91 Å². The molecule has 1 N–H and O–H groups in total. The number of hydrogen-bond donors (Lipinski definition) is 1. The summed E-state index contributed by atoms with van der Waals surface area (Å²) in [6.45, 7) is 5.01. The van der Waals surface area contributed by atoms with Crippen molar-refractivity contribution >= 4 is 5.91 Å². The number of rotatable bonds is 5. The summed E-state index contributed by atoms with van der Waals surface area (Å²) < 4.78 is 0. The van der Waals surface area contributed by atoms with E-state index in [0.29, 0.717) is 12.7 Å². The lowest BCUT2D eigenvalue weighted by molar-refractivity contribution is -0.131. The van der Waals surface area contributed by atoms with Gasteiger partial charge in [-0.1, -0.05) is 50.6 Å². The molecule has 18 heavy (non-hydrogen) atoms. The first kappa shape index (κ1) is 13.1. The van der Waals surface area contributed by atoms with Gasteiger partial charge in [0.25, 0.3) is 0 Å². The summed E-state index contributed by atoms with van der Waals surface area (Å²) in [6.07, 6.45) is 3.24. The van der Waals surface area contributed by atoms with Crippen molar-refractivity contribution in [2.75, 3.05) is 6.67 Å². The van der Waals surface area contributed by atoms with Crippen molar-refractivity contribution in [3.8, 4) is 0 Å². The van der Waals surface area contributed by atoms with Crippen LogP contribution in [0.4, 0.5) is 0 Å². The lowest BCUT2D eigenvalue weighted by Gasteiger charge is -2.26. The fraction of sp³-hybridized carbons (Fsp3) is 0.533. The quantitative estimate of drug-likeness (QED) is 0.866. The average Bonchev–Trinajstić information content (AvgIpc) is 2.79. The third-order valence-electron chi connectivity index (χ3n) is 3.66. The van der Waals surface area contributed by atoms with E-state index in [1.165, 1.54) is 0 Å². The summed E-state index contributed by atoms with van der Waals surface area (Å²) in [5, 5.41) is 3.32. The Morgan fingerprint density at radius 2 is 2.06 bits per heavy atom. The number of benzene rings is 1. The van der Waals surface area contributed by atoms with Crippen molar-refractivity contribution in [3.05, 3.63) is 35.9 Å². The Bertz CT molecular complexity index is 391. The van der Waals surface area contributed by atoms with Gasteiger partial charge in [-0.3, -0.25) is 10.1 Å². The lowest BCUT2D eigenvalue weighted by atomic mass is 10.0. The lowest BCUT2D eigenvalue weighted by Crippen LogP contribution is -2.37. The Morgan fingerprint density at radius 1 is 1.33 bits per heavy atom. The van der Waals surface area contributed by atoms with E-state index in [2.05, 4.69) is 19.2 Å². The smallest absolute Gasteiger partial charge is 0.245 e. The Kier molecular flexibility index (Phi) is 4.37. The third-order valence-corrected chi connectivity index (χ3v) is 3.66. The van der Waals surface area contributed by atoms with Crippen molar-refractivity contribution in [3.63, 3.8) is 0 Å². The number of nitrogens with zero attached hydrogens (tertiary/aromatic N) is 1. The molecule has 2 atom stereocenters. The van der Waals surface area contributed by atoms with Crippen molar-refractivity contribution in [1.29, 1.82) is 0 Å². The maximum Gasteiger partial charge on any atom is 0.245 e. The second-order valence-electron chi connectivity index (χ2n) is 4.86. The van der Waals surface area contributed by atoms with Crippen LogP contribution in [-0.4, -0.2) is 23.5 Å². The molecule has 1 amide bonds. The van der Waals surface area contributed by atoms with Gasteiger partial charge in [0, 0.05) is 6.04 Å². The Morgan fingerprint density at radius 3 is 2.67 bits per heavy atom. The van der Waals surface area contributed by atoms with Crippen LogP contribution in [0, 0.1) is 0 Å². The van der Waals surface area contributed by atoms with E-state index in [4.69, 9.17) is 0 Å². The molecule has 0 bridgehead atoms. The summed E-state index contributed by atoms with van der Waals surface area (Å²) in [5.41, 5.74) is 1.07. The van der Waals surface area contributed by atoms with Gasteiger partial charge in [-0.05, 0) is 18.4 Å². The van der Waals surface area contributed by atoms with E-state index in [-0.39, 0.29) is 11.9 Å². The summed E-state index contributed by atoms with van der Waals surface area (Å²) >= 11 is 0. The molecule has 0 spiro atoms. The molecule has 0 radical (unpaired) electrons. The average molecular weight is 246 g/mol. The molecule has 0 aliphatic carbocycles. The second-order valence-corrected chi connectivity index (χ2v) is 4.86. The summed E-state index contributed by atoms with van der Waals surface area (Å²) in [6, 6.07) is 10.2. The minimum atomic E-state index is -0.155. The molecule has 2 unspecified atom stereocenters. The highest BCUT2D eigenvalue weighted by Gasteiger charge is 2.35. The van der Waals surface area contributed by atoms with E-state index >= 15 is 0 Å². The van der Waals surface area contributed by atoms with E-state index < -0.39 is 0 Å².